The second kappa shape index (κ2) is 5.81. The first-order valence-corrected chi connectivity index (χ1v) is 6.18. The second-order valence-corrected chi connectivity index (χ2v) is 5.20. The first-order valence-electron chi connectivity index (χ1n) is 4.03. The van der Waals surface area contributed by atoms with E-state index < -0.39 is 0 Å². The number of hydrogen-bond donors (Lipinski definition) is 1. The Hall–Kier alpha value is 0.0400. The number of halogens is 2. The molecule has 0 heterocycles. The summed E-state index contributed by atoms with van der Waals surface area (Å²) in [5, 5.41) is 4.17. The van der Waals surface area contributed by atoms with Gasteiger partial charge in [-0.25, -0.2) is 0 Å². The van der Waals surface area contributed by atoms with Crippen LogP contribution in [0, 0.1) is 0 Å². The van der Waals surface area contributed by atoms with Gasteiger partial charge in [0.2, 0.25) is 0 Å². The van der Waals surface area contributed by atoms with Crippen LogP contribution in [0.4, 0.5) is 5.69 Å². The van der Waals surface area contributed by atoms with Crippen molar-refractivity contribution in [3.8, 4) is 0 Å². The van der Waals surface area contributed by atoms with E-state index in [-0.39, 0.29) is 0 Å². The summed E-state index contributed by atoms with van der Waals surface area (Å²) in [5.41, 5.74) is 0.682. The van der Waals surface area contributed by atoms with E-state index in [1.165, 1.54) is 0 Å². The predicted octanol–water partition coefficient (Wildman–Crippen LogP) is 4.44. The molecule has 0 spiro atoms. The maximum atomic E-state index is 5.96. The summed E-state index contributed by atoms with van der Waals surface area (Å²) in [5.74, 6) is 0.925. The van der Waals surface area contributed by atoms with E-state index in [1.807, 2.05) is 6.92 Å². The van der Waals surface area contributed by atoms with Gasteiger partial charge in [-0.1, -0.05) is 60.2 Å². The summed E-state index contributed by atoms with van der Waals surface area (Å²) >= 11 is 18.6. The molecule has 0 fully saturated rings. The quantitative estimate of drug-likeness (QED) is 0.794. The molecular weight excluding hydrogens is 257 g/mol. The van der Waals surface area contributed by atoms with Crippen molar-refractivity contribution in [1.29, 1.82) is 0 Å². The van der Waals surface area contributed by atoms with Crippen molar-refractivity contribution in [2.75, 3.05) is 11.1 Å². The molecule has 0 aliphatic rings. The number of thiocarbonyl (C=S) groups is 1. The van der Waals surface area contributed by atoms with E-state index >= 15 is 0 Å². The minimum atomic E-state index is 0.580. The molecule has 0 aromatic heterocycles. The summed E-state index contributed by atoms with van der Waals surface area (Å²) in [4.78, 5) is 0. The Labute approximate surface area is 103 Å². The molecule has 1 N–H and O–H groups in total. The normalized spacial score (nSPS) is 9.93. The predicted molar refractivity (Wildman–Crippen MR) is 70.8 cm³/mol. The average molecular weight is 266 g/mol. The van der Waals surface area contributed by atoms with Crippen LogP contribution in [-0.4, -0.2) is 10.1 Å². The SMILES string of the molecule is CCSC(=S)Nc1c(Cl)cccc1Cl. The van der Waals surface area contributed by atoms with Gasteiger partial charge in [-0.15, -0.1) is 0 Å². The van der Waals surface area contributed by atoms with Crippen LogP contribution >= 0.6 is 47.2 Å². The number of thioether (sulfide) groups is 1. The fourth-order valence-electron chi connectivity index (χ4n) is 0.886. The van der Waals surface area contributed by atoms with Gasteiger partial charge in [0.25, 0.3) is 0 Å². The lowest BCUT2D eigenvalue weighted by Crippen LogP contribution is -2.05. The minimum Gasteiger partial charge on any atom is -0.339 e. The lowest BCUT2D eigenvalue weighted by Gasteiger charge is -2.09. The van der Waals surface area contributed by atoms with Gasteiger partial charge in [0.05, 0.1) is 15.7 Å². The summed E-state index contributed by atoms with van der Waals surface area (Å²) in [6.07, 6.45) is 0. The van der Waals surface area contributed by atoms with E-state index in [2.05, 4.69) is 5.32 Å². The molecule has 0 unspecified atom stereocenters. The molecule has 0 saturated carbocycles. The van der Waals surface area contributed by atoms with Crippen LogP contribution in [0.3, 0.4) is 0 Å². The molecule has 0 saturated heterocycles. The van der Waals surface area contributed by atoms with Crippen LogP contribution in [0.1, 0.15) is 6.92 Å². The minimum absolute atomic E-state index is 0.580. The van der Waals surface area contributed by atoms with Gasteiger partial charge in [-0.3, -0.25) is 0 Å². The monoisotopic (exact) mass is 265 g/mol. The Morgan fingerprint density at radius 1 is 1.43 bits per heavy atom. The molecule has 1 aromatic rings. The zero-order valence-corrected chi connectivity index (χ0v) is 10.7. The van der Waals surface area contributed by atoms with Crippen LogP contribution in [-0.2, 0) is 0 Å². The van der Waals surface area contributed by atoms with E-state index in [9.17, 15) is 0 Å². The van der Waals surface area contributed by atoms with Crippen molar-refractivity contribution in [2.45, 2.75) is 6.92 Å². The largest absolute Gasteiger partial charge is 0.339 e. The maximum Gasteiger partial charge on any atom is 0.138 e. The molecule has 1 nitrogen and oxygen atoms in total. The van der Waals surface area contributed by atoms with Crippen LogP contribution in [0.15, 0.2) is 18.2 Å². The third-order valence-electron chi connectivity index (χ3n) is 1.47. The van der Waals surface area contributed by atoms with Gasteiger partial charge >= 0.3 is 0 Å². The molecule has 0 radical (unpaired) electrons. The first kappa shape index (κ1) is 12.1. The highest BCUT2D eigenvalue weighted by atomic mass is 35.5. The Kier molecular flexibility index (Phi) is 5.02. The Bertz CT molecular complexity index is 321. The summed E-state index contributed by atoms with van der Waals surface area (Å²) in [6, 6.07) is 5.34. The summed E-state index contributed by atoms with van der Waals surface area (Å²) in [7, 11) is 0. The van der Waals surface area contributed by atoms with Gasteiger partial charge in [-0.05, 0) is 17.9 Å². The Morgan fingerprint density at radius 3 is 2.50 bits per heavy atom. The van der Waals surface area contributed by atoms with Gasteiger partial charge in [0, 0.05) is 0 Å². The van der Waals surface area contributed by atoms with Gasteiger partial charge in [-0.2, -0.15) is 0 Å². The topological polar surface area (TPSA) is 12.0 Å². The van der Waals surface area contributed by atoms with E-state index in [1.54, 1.807) is 30.0 Å². The Balaban J connectivity index is 2.80. The second-order valence-electron chi connectivity index (χ2n) is 2.44. The number of anilines is 1. The summed E-state index contributed by atoms with van der Waals surface area (Å²) < 4.78 is 0.683. The molecule has 14 heavy (non-hydrogen) atoms. The Morgan fingerprint density at radius 2 is 2.00 bits per heavy atom. The number of benzene rings is 1. The standard InChI is InChI=1S/C9H9Cl2NS2/c1-2-14-9(13)12-8-6(10)4-3-5-7(8)11/h3-5H,2H2,1H3,(H,12,13). The zero-order valence-electron chi connectivity index (χ0n) is 7.51. The van der Waals surface area contributed by atoms with Crippen molar-refractivity contribution in [3.05, 3.63) is 28.2 Å². The highest BCUT2D eigenvalue weighted by Gasteiger charge is 2.06. The fourth-order valence-corrected chi connectivity index (χ4v) is 2.27. The van der Waals surface area contributed by atoms with Crippen LogP contribution < -0.4 is 5.32 Å². The van der Waals surface area contributed by atoms with Gasteiger partial charge in [0.1, 0.15) is 4.32 Å². The smallest absolute Gasteiger partial charge is 0.138 e. The lowest BCUT2D eigenvalue weighted by molar-refractivity contribution is 1.54. The molecule has 0 aliphatic carbocycles. The highest BCUT2D eigenvalue weighted by molar-refractivity contribution is 8.23. The van der Waals surface area contributed by atoms with Crippen molar-refractivity contribution in [1.82, 2.24) is 0 Å². The fraction of sp³-hybridized carbons (Fsp3) is 0.222. The molecule has 0 aliphatic heterocycles. The molecule has 0 amide bonds. The number of para-hydroxylation sites is 1. The van der Waals surface area contributed by atoms with E-state index in [4.69, 9.17) is 35.4 Å². The number of hydrogen-bond acceptors (Lipinski definition) is 2. The van der Waals surface area contributed by atoms with E-state index in [0.29, 0.717) is 20.1 Å². The zero-order chi connectivity index (χ0) is 10.6. The van der Waals surface area contributed by atoms with Crippen molar-refractivity contribution in [3.63, 3.8) is 0 Å². The molecular formula is C9H9Cl2NS2. The number of rotatable bonds is 2. The van der Waals surface area contributed by atoms with Gasteiger partial charge in [0.15, 0.2) is 0 Å². The first-order chi connectivity index (χ1) is 6.65. The van der Waals surface area contributed by atoms with Crippen LogP contribution in [0.2, 0.25) is 10.0 Å². The van der Waals surface area contributed by atoms with Crippen LogP contribution in [0.5, 0.6) is 0 Å². The van der Waals surface area contributed by atoms with Crippen LogP contribution in [0.25, 0.3) is 0 Å². The van der Waals surface area contributed by atoms with E-state index in [0.717, 1.165) is 5.75 Å². The summed E-state index contributed by atoms with van der Waals surface area (Å²) in [6.45, 7) is 2.03. The van der Waals surface area contributed by atoms with Crippen molar-refractivity contribution >= 4 is 57.2 Å². The third kappa shape index (κ3) is 3.31. The molecule has 5 heteroatoms. The molecule has 76 valence electrons. The third-order valence-corrected chi connectivity index (χ3v) is 3.20. The number of nitrogens with one attached hydrogen (secondary N) is 1. The van der Waals surface area contributed by atoms with Crippen molar-refractivity contribution < 1.29 is 0 Å². The highest BCUT2D eigenvalue weighted by Crippen LogP contribution is 2.30. The lowest BCUT2D eigenvalue weighted by atomic mass is 10.3. The van der Waals surface area contributed by atoms with Gasteiger partial charge < -0.3 is 5.32 Å². The molecule has 0 atom stereocenters. The molecule has 1 aromatic carbocycles. The average Bonchev–Trinajstić information content (AvgIpc) is 2.12. The molecule has 0 bridgehead atoms. The van der Waals surface area contributed by atoms with Crippen molar-refractivity contribution in [2.24, 2.45) is 0 Å². The molecule has 1 rings (SSSR count). The maximum absolute atomic E-state index is 5.96.